The number of carbonyl (C=O) groups excluding carboxylic acids is 1. The minimum Gasteiger partial charge on any atom is -0.358 e. The SMILES string of the molecule is CCNc1nc(N[C@H](CC2CCCCC2)C(=O)NCc2ccccc2)cc(-n2cccc2)n1. The number of amides is 1. The molecule has 2 heterocycles. The van der Waals surface area contributed by atoms with Crippen molar-refractivity contribution in [3.8, 4) is 5.82 Å². The van der Waals surface area contributed by atoms with E-state index in [1.54, 1.807) is 0 Å². The molecule has 33 heavy (non-hydrogen) atoms. The molecule has 3 aromatic rings. The van der Waals surface area contributed by atoms with Crippen molar-refractivity contribution in [2.75, 3.05) is 17.2 Å². The van der Waals surface area contributed by atoms with Gasteiger partial charge in [0.05, 0.1) is 0 Å². The Morgan fingerprint density at radius 1 is 1.06 bits per heavy atom. The predicted octanol–water partition coefficient (Wildman–Crippen LogP) is 4.77. The molecule has 0 spiro atoms. The van der Waals surface area contributed by atoms with Gasteiger partial charge in [0.1, 0.15) is 17.7 Å². The highest BCUT2D eigenvalue weighted by atomic mass is 16.2. The maximum atomic E-state index is 13.3. The second-order valence-corrected chi connectivity index (χ2v) is 8.70. The maximum Gasteiger partial charge on any atom is 0.242 e. The molecule has 4 rings (SSSR count). The first-order valence-corrected chi connectivity index (χ1v) is 12.1. The zero-order valence-electron chi connectivity index (χ0n) is 19.3. The summed E-state index contributed by atoms with van der Waals surface area (Å²) in [6.45, 7) is 3.25. The molecule has 0 radical (unpaired) electrons. The van der Waals surface area contributed by atoms with Gasteiger partial charge in [0.25, 0.3) is 0 Å². The highest BCUT2D eigenvalue weighted by Gasteiger charge is 2.25. The summed E-state index contributed by atoms with van der Waals surface area (Å²) in [4.78, 5) is 22.5. The summed E-state index contributed by atoms with van der Waals surface area (Å²) < 4.78 is 1.94. The third-order valence-electron chi connectivity index (χ3n) is 6.16. The van der Waals surface area contributed by atoms with Gasteiger partial charge in [0.15, 0.2) is 0 Å². The van der Waals surface area contributed by atoms with Gasteiger partial charge in [-0.15, -0.1) is 0 Å². The number of hydrogen-bond acceptors (Lipinski definition) is 5. The highest BCUT2D eigenvalue weighted by Crippen LogP contribution is 2.28. The Morgan fingerprint density at radius 2 is 1.82 bits per heavy atom. The number of nitrogens with one attached hydrogen (secondary N) is 3. The van der Waals surface area contributed by atoms with Crippen LogP contribution >= 0.6 is 0 Å². The minimum absolute atomic E-state index is 0.00977. The minimum atomic E-state index is -0.348. The van der Waals surface area contributed by atoms with E-state index < -0.39 is 0 Å². The van der Waals surface area contributed by atoms with Crippen molar-refractivity contribution in [3.63, 3.8) is 0 Å². The summed E-state index contributed by atoms with van der Waals surface area (Å²) in [5.41, 5.74) is 1.09. The summed E-state index contributed by atoms with van der Waals surface area (Å²) in [5, 5.41) is 9.78. The number of aromatic nitrogens is 3. The monoisotopic (exact) mass is 446 g/mol. The van der Waals surface area contributed by atoms with E-state index in [-0.39, 0.29) is 11.9 Å². The van der Waals surface area contributed by atoms with Crippen LogP contribution < -0.4 is 16.0 Å². The largest absolute Gasteiger partial charge is 0.358 e. The molecular formula is C26H34N6O. The maximum absolute atomic E-state index is 13.3. The Hall–Kier alpha value is -3.35. The molecule has 0 saturated heterocycles. The Labute approximate surface area is 196 Å². The topological polar surface area (TPSA) is 83.9 Å². The molecular weight excluding hydrogens is 412 g/mol. The highest BCUT2D eigenvalue weighted by molar-refractivity contribution is 5.84. The molecule has 1 fully saturated rings. The van der Waals surface area contributed by atoms with E-state index >= 15 is 0 Å². The first-order chi connectivity index (χ1) is 16.2. The van der Waals surface area contributed by atoms with Crippen molar-refractivity contribution in [2.45, 2.75) is 58.0 Å². The van der Waals surface area contributed by atoms with Crippen molar-refractivity contribution in [3.05, 3.63) is 66.5 Å². The van der Waals surface area contributed by atoms with E-state index in [1.807, 2.05) is 72.4 Å². The van der Waals surface area contributed by atoms with E-state index in [2.05, 4.69) is 25.9 Å². The Bertz CT molecular complexity index is 999. The second-order valence-electron chi connectivity index (χ2n) is 8.70. The fraction of sp³-hybridized carbons (Fsp3) is 0.423. The lowest BCUT2D eigenvalue weighted by atomic mass is 9.84. The van der Waals surface area contributed by atoms with E-state index in [4.69, 9.17) is 0 Å². The quantitative estimate of drug-likeness (QED) is 0.418. The van der Waals surface area contributed by atoms with Gasteiger partial charge in [-0.3, -0.25) is 4.79 Å². The van der Waals surface area contributed by atoms with Gasteiger partial charge < -0.3 is 20.5 Å². The van der Waals surface area contributed by atoms with Crippen LogP contribution in [0.1, 0.15) is 51.0 Å². The van der Waals surface area contributed by atoms with Crippen LogP contribution in [0.3, 0.4) is 0 Å². The van der Waals surface area contributed by atoms with E-state index in [9.17, 15) is 4.79 Å². The fourth-order valence-electron chi connectivity index (χ4n) is 4.44. The smallest absolute Gasteiger partial charge is 0.242 e. The molecule has 1 saturated carbocycles. The van der Waals surface area contributed by atoms with Gasteiger partial charge in [-0.05, 0) is 37.0 Å². The van der Waals surface area contributed by atoms with E-state index in [1.165, 1.54) is 32.1 Å². The Morgan fingerprint density at radius 3 is 2.55 bits per heavy atom. The van der Waals surface area contributed by atoms with Gasteiger partial charge in [-0.1, -0.05) is 62.4 Å². The van der Waals surface area contributed by atoms with Crippen molar-refractivity contribution in [1.82, 2.24) is 19.9 Å². The van der Waals surface area contributed by atoms with Gasteiger partial charge in [0, 0.05) is 31.5 Å². The van der Waals surface area contributed by atoms with Crippen LogP contribution in [0.4, 0.5) is 11.8 Å². The lowest BCUT2D eigenvalue weighted by Crippen LogP contribution is -2.41. The third-order valence-corrected chi connectivity index (χ3v) is 6.16. The normalized spacial score (nSPS) is 15.1. The van der Waals surface area contributed by atoms with Crippen LogP contribution in [0.2, 0.25) is 0 Å². The van der Waals surface area contributed by atoms with E-state index in [0.717, 1.165) is 24.3 Å². The molecule has 7 nitrogen and oxygen atoms in total. The predicted molar refractivity (Wildman–Crippen MR) is 132 cm³/mol. The Balaban J connectivity index is 1.53. The lowest BCUT2D eigenvalue weighted by molar-refractivity contribution is -0.122. The van der Waals surface area contributed by atoms with Crippen LogP contribution in [0, 0.1) is 5.92 Å². The molecule has 1 aliphatic carbocycles. The van der Waals surface area contributed by atoms with Crippen molar-refractivity contribution in [1.29, 1.82) is 0 Å². The zero-order chi connectivity index (χ0) is 22.9. The Kier molecular flexibility index (Phi) is 7.95. The summed E-state index contributed by atoms with van der Waals surface area (Å²) in [7, 11) is 0. The molecule has 3 N–H and O–H groups in total. The number of nitrogens with zero attached hydrogens (tertiary/aromatic N) is 3. The average Bonchev–Trinajstić information content (AvgIpc) is 3.39. The van der Waals surface area contributed by atoms with Gasteiger partial charge in [-0.25, -0.2) is 0 Å². The molecule has 0 bridgehead atoms. The summed E-state index contributed by atoms with van der Waals surface area (Å²) >= 11 is 0. The first-order valence-electron chi connectivity index (χ1n) is 12.1. The van der Waals surface area contributed by atoms with Crippen LogP contribution in [0.5, 0.6) is 0 Å². The van der Waals surface area contributed by atoms with Gasteiger partial charge >= 0.3 is 0 Å². The molecule has 174 valence electrons. The van der Waals surface area contributed by atoms with Crippen LogP contribution in [-0.2, 0) is 11.3 Å². The van der Waals surface area contributed by atoms with Crippen LogP contribution in [0.25, 0.3) is 5.82 Å². The first kappa shape index (κ1) is 22.8. The summed E-state index contributed by atoms with van der Waals surface area (Å²) in [6.07, 6.45) is 10.9. The van der Waals surface area contributed by atoms with Crippen molar-refractivity contribution in [2.24, 2.45) is 5.92 Å². The molecule has 1 aliphatic rings. The number of benzene rings is 1. The summed E-state index contributed by atoms with van der Waals surface area (Å²) in [6, 6.07) is 15.5. The molecule has 0 unspecified atom stereocenters. The zero-order valence-corrected chi connectivity index (χ0v) is 19.3. The standard InChI is InChI=1S/C26H34N6O/c1-2-27-26-30-23(18-24(31-26)32-15-9-10-16-32)29-22(17-20-11-5-3-6-12-20)25(33)28-19-21-13-7-4-8-14-21/h4,7-10,13-16,18,20,22H,2-3,5-6,11-12,17,19H2,1H3,(H,28,33)(H2,27,29,30,31)/t22-/m1/s1. The molecule has 2 aromatic heterocycles. The molecule has 0 aliphatic heterocycles. The number of anilines is 2. The summed E-state index contributed by atoms with van der Waals surface area (Å²) in [5.74, 6) is 2.52. The second kappa shape index (κ2) is 11.5. The molecule has 7 heteroatoms. The number of carbonyl (C=O) groups is 1. The van der Waals surface area contributed by atoms with Crippen molar-refractivity contribution >= 4 is 17.7 Å². The lowest BCUT2D eigenvalue weighted by Gasteiger charge is -2.27. The van der Waals surface area contributed by atoms with Gasteiger partial charge in [0.2, 0.25) is 11.9 Å². The van der Waals surface area contributed by atoms with E-state index in [0.29, 0.717) is 24.2 Å². The van der Waals surface area contributed by atoms with Crippen molar-refractivity contribution < 1.29 is 4.79 Å². The molecule has 1 atom stereocenters. The number of rotatable bonds is 10. The van der Waals surface area contributed by atoms with Crippen LogP contribution in [0.15, 0.2) is 60.9 Å². The van der Waals surface area contributed by atoms with Gasteiger partial charge in [-0.2, -0.15) is 9.97 Å². The molecule has 1 amide bonds. The number of hydrogen-bond donors (Lipinski definition) is 3. The third kappa shape index (κ3) is 6.57. The van der Waals surface area contributed by atoms with Crippen LogP contribution in [-0.4, -0.2) is 33.0 Å². The average molecular weight is 447 g/mol. The molecule has 1 aromatic carbocycles. The fourth-order valence-corrected chi connectivity index (χ4v) is 4.44.